The molecule has 3 fully saturated rings. The lowest BCUT2D eigenvalue weighted by molar-refractivity contribution is -0.0310. The molecule has 1 aliphatic carbocycles. The largest absolute Gasteiger partial charge is 0.475 e. The van der Waals surface area contributed by atoms with Gasteiger partial charge < -0.3 is 9.64 Å². The molecule has 1 amide bonds. The second kappa shape index (κ2) is 8.27. The van der Waals surface area contributed by atoms with Crippen molar-refractivity contribution in [3.05, 3.63) is 71.1 Å². The Bertz CT molecular complexity index is 1080. The van der Waals surface area contributed by atoms with Gasteiger partial charge in [0.2, 0.25) is 5.88 Å². The van der Waals surface area contributed by atoms with Gasteiger partial charge in [0.1, 0.15) is 6.61 Å². The number of benzene rings is 1. The summed E-state index contributed by atoms with van der Waals surface area (Å²) in [4.78, 5) is 28.8. The maximum atomic E-state index is 13.8. The molecule has 6 nitrogen and oxygen atoms in total. The fourth-order valence-electron chi connectivity index (χ4n) is 4.63. The van der Waals surface area contributed by atoms with Crippen LogP contribution in [0.5, 0.6) is 5.88 Å². The van der Waals surface area contributed by atoms with Crippen LogP contribution in [0.25, 0.3) is 11.4 Å². The van der Waals surface area contributed by atoms with Crippen molar-refractivity contribution in [1.29, 1.82) is 0 Å². The van der Waals surface area contributed by atoms with E-state index in [2.05, 4.69) is 15.0 Å². The molecule has 1 aromatic carbocycles. The molecule has 31 heavy (non-hydrogen) atoms. The predicted molar refractivity (Wildman–Crippen MR) is 118 cm³/mol. The molecular formula is C24H23ClN4O2. The van der Waals surface area contributed by atoms with Crippen LogP contribution in [-0.2, 0) is 0 Å². The second-order valence-electron chi connectivity index (χ2n) is 8.34. The van der Waals surface area contributed by atoms with Gasteiger partial charge in [-0.05, 0) is 50.3 Å². The number of nitrogens with zero attached hydrogens (tertiary/aromatic N) is 4. The highest BCUT2D eigenvalue weighted by atomic mass is 35.5. The Morgan fingerprint density at radius 2 is 1.94 bits per heavy atom. The van der Waals surface area contributed by atoms with E-state index in [9.17, 15) is 4.79 Å². The van der Waals surface area contributed by atoms with Crippen molar-refractivity contribution in [3.8, 4) is 17.3 Å². The summed E-state index contributed by atoms with van der Waals surface area (Å²) in [6, 6.07) is 11.4. The highest BCUT2D eigenvalue weighted by Gasteiger charge is 2.47. The number of aromatic nitrogens is 3. The van der Waals surface area contributed by atoms with Crippen LogP contribution in [0.1, 0.15) is 35.2 Å². The van der Waals surface area contributed by atoms with E-state index in [0.717, 1.165) is 30.4 Å². The number of ether oxygens (including phenoxy) is 1. The summed E-state index contributed by atoms with van der Waals surface area (Å²) in [7, 11) is 0. The second-order valence-corrected chi connectivity index (χ2v) is 8.78. The summed E-state index contributed by atoms with van der Waals surface area (Å²) in [5.74, 6) is 1.76. The molecule has 0 radical (unpaired) electrons. The van der Waals surface area contributed by atoms with Crippen LogP contribution in [0, 0.1) is 12.8 Å². The van der Waals surface area contributed by atoms with Crippen LogP contribution in [0.2, 0.25) is 5.02 Å². The zero-order chi connectivity index (χ0) is 21.4. The normalized spacial score (nSPS) is 22.0. The minimum absolute atomic E-state index is 0.00697. The number of carbonyl (C=O) groups excluding carboxylic acids is 1. The summed E-state index contributed by atoms with van der Waals surface area (Å²) < 4.78 is 5.94. The molecule has 1 atom stereocenters. The van der Waals surface area contributed by atoms with E-state index in [4.69, 9.17) is 16.3 Å². The average molecular weight is 435 g/mol. The Kier molecular flexibility index (Phi) is 5.32. The molecule has 4 heterocycles. The highest BCUT2D eigenvalue weighted by Crippen LogP contribution is 2.44. The van der Waals surface area contributed by atoms with E-state index < -0.39 is 0 Å². The maximum absolute atomic E-state index is 13.8. The fourth-order valence-corrected chi connectivity index (χ4v) is 4.74. The van der Waals surface area contributed by atoms with Crippen molar-refractivity contribution < 1.29 is 9.53 Å². The van der Waals surface area contributed by atoms with Gasteiger partial charge in [0.25, 0.3) is 5.91 Å². The predicted octanol–water partition coefficient (Wildman–Crippen LogP) is 4.57. The summed E-state index contributed by atoms with van der Waals surface area (Å²) >= 11 is 5.91. The number of piperidine rings is 2. The summed E-state index contributed by atoms with van der Waals surface area (Å²) in [6.07, 6.45) is 8.03. The lowest BCUT2D eigenvalue weighted by Crippen LogP contribution is -2.60. The highest BCUT2D eigenvalue weighted by molar-refractivity contribution is 6.30. The van der Waals surface area contributed by atoms with E-state index in [0.29, 0.717) is 34.8 Å². The molecule has 2 aromatic heterocycles. The Labute approximate surface area is 186 Å². The van der Waals surface area contributed by atoms with Gasteiger partial charge >= 0.3 is 0 Å². The molecule has 0 N–H and O–H groups in total. The van der Waals surface area contributed by atoms with Gasteiger partial charge in [-0.1, -0.05) is 29.3 Å². The van der Waals surface area contributed by atoms with Gasteiger partial charge in [0.15, 0.2) is 5.82 Å². The van der Waals surface area contributed by atoms with Gasteiger partial charge in [-0.2, -0.15) is 0 Å². The minimum Gasteiger partial charge on any atom is -0.475 e. The molecule has 3 aromatic rings. The number of hydrogen-bond donors (Lipinski definition) is 0. The van der Waals surface area contributed by atoms with E-state index in [-0.39, 0.29) is 18.0 Å². The number of pyridine rings is 1. The van der Waals surface area contributed by atoms with E-state index in [1.807, 2.05) is 30.0 Å². The van der Waals surface area contributed by atoms with Crippen LogP contribution in [0.15, 0.2) is 55.0 Å². The summed E-state index contributed by atoms with van der Waals surface area (Å²) in [5, 5.41) is 0.568. The van der Waals surface area contributed by atoms with Gasteiger partial charge in [-0.15, -0.1) is 0 Å². The van der Waals surface area contributed by atoms with Crippen molar-refractivity contribution in [1.82, 2.24) is 19.9 Å². The molecule has 158 valence electrons. The van der Waals surface area contributed by atoms with Crippen LogP contribution in [0.3, 0.4) is 0 Å². The third-order valence-electron chi connectivity index (χ3n) is 6.17. The minimum atomic E-state index is 0.00697. The number of aryl methyl sites for hydroxylation is 1. The Morgan fingerprint density at radius 1 is 1.13 bits per heavy atom. The zero-order valence-corrected chi connectivity index (χ0v) is 18.0. The first-order valence-corrected chi connectivity index (χ1v) is 10.9. The monoisotopic (exact) mass is 434 g/mol. The maximum Gasteiger partial charge on any atom is 0.255 e. The average Bonchev–Trinajstić information content (AvgIpc) is 2.78. The molecule has 2 bridgehead atoms. The van der Waals surface area contributed by atoms with Gasteiger partial charge in [-0.3, -0.25) is 4.79 Å². The Hall–Kier alpha value is -2.99. The molecular weight excluding hydrogens is 412 g/mol. The number of rotatable bonds is 5. The molecule has 3 aliphatic rings. The third kappa shape index (κ3) is 4.00. The molecule has 2 saturated heterocycles. The molecule has 6 rings (SSSR count). The lowest BCUT2D eigenvalue weighted by atomic mass is 9.70. The SMILES string of the molecule is Cc1ccc(-c2ncccn2)c(C(=O)N2C3CC(C3)C[C@H]2COc2ccc(Cl)cn2)c1. The number of carbonyl (C=O) groups is 1. The van der Waals surface area contributed by atoms with Crippen molar-refractivity contribution >= 4 is 17.5 Å². The lowest BCUT2D eigenvalue weighted by Gasteiger charge is -2.53. The molecule has 0 spiro atoms. The van der Waals surface area contributed by atoms with Gasteiger partial charge in [0.05, 0.1) is 16.6 Å². The van der Waals surface area contributed by atoms with Crippen LogP contribution in [0.4, 0.5) is 0 Å². The topological polar surface area (TPSA) is 68.2 Å². The smallest absolute Gasteiger partial charge is 0.255 e. The quantitative estimate of drug-likeness (QED) is 0.588. The number of halogens is 1. The van der Waals surface area contributed by atoms with Crippen molar-refractivity contribution in [2.75, 3.05) is 6.61 Å². The van der Waals surface area contributed by atoms with Crippen LogP contribution >= 0.6 is 11.6 Å². The Balaban J connectivity index is 1.43. The van der Waals surface area contributed by atoms with Crippen molar-refractivity contribution in [3.63, 3.8) is 0 Å². The van der Waals surface area contributed by atoms with Gasteiger partial charge in [-0.25, -0.2) is 15.0 Å². The third-order valence-corrected chi connectivity index (χ3v) is 6.40. The Morgan fingerprint density at radius 3 is 2.68 bits per heavy atom. The first-order valence-electron chi connectivity index (χ1n) is 10.5. The van der Waals surface area contributed by atoms with Crippen molar-refractivity contribution in [2.45, 2.75) is 38.3 Å². The van der Waals surface area contributed by atoms with E-state index in [1.54, 1.807) is 36.8 Å². The van der Waals surface area contributed by atoms with E-state index in [1.165, 1.54) is 0 Å². The fraction of sp³-hybridized carbons (Fsp3) is 0.333. The summed E-state index contributed by atoms with van der Waals surface area (Å²) in [6.45, 7) is 2.41. The van der Waals surface area contributed by atoms with Crippen LogP contribution in [-0.4, -0.2) is 44.4 Å². The first kappa shape index (κ1) is 19.9. The molecule has 7 heteroatoms. The number of fused-ring (bicyclic) bond motifs is 2. The standard InChI is InChI=1S/C24H23ClN4O2/c1-15-3-5-20(23-26-7-2-8-27-23)21(9-15)24(30)29-18-10-16(11-18)12-19(29)14-31-22-6-4-17(25)13-28-22/h2-9,13,16,18-19H,10-12,14H2,1H3/t16?,18?,19-/m0/s1. The first-order chi connectivity index (χ1) is 15.1. The van der Waals surface area contributed by atoms with E-state index >= 15 is 0 Å². The number of hydrogen-bond acceptors (Lipinski definition) is 5. The molecule has 1 saturated carbocycles. The van der Waals surface area contributed by atoms with Crippen molar-refractivity contribution in [2.24, 2.45) is 5.92 Å². The molecule has 0 unspecified atom stereocenters. The summed E-state index contributed by atoms with van der Waals surface area (Å²) in [5.41, 5.74) is 2.44. The van der Waals surface area contributed by atoms with Gasteiger partial charge in [0, 0.05) is 36.3 Å². The van der Waals surface area contributed by atoms with Crippen LogP contribution < -0.4 is 4.74 Å². The molecule has 2 aliphatic heterocycles. The zero-order valence-electron chi connectivity index (χ0n) is 17.2. The number of amides is 1.